The molecule has 0 aromatic heterocycles. The third kappa shape index (κ3) is 2.47. The van der Waals surface area contributed by atoms with Gasteiger partial charge < -0.3 is 15.6 Å². The summed E-state index contributed by atoms with van der Waals surface area (Å²) in [6.07, 6.45) is 7.62. The molecule has 2 aliphatic rings. The zero-order valence-electron chi connectivity index (χ0n) is 8.74. The summed E-state index contributed by atoms with van der Waals surface area (Å²) < 4.78 is 5.66. The topological polar surface area (TPSA) is 55.5 Å². The van der Waals surface area contributed by atoms with E-state index >= 15 is 0 Å². The summed E-state index contributed by atoms with van der Waals surface area (Å²) in [5.41, 5.74) is 5.14. The molecule has 0 bridgehead atoms. The molecule has 2 fully saturated rings. The van der Waals surface area contributed by atoms with Gasteiger partial charge in [-0.2, -0.15) is 0 Å². The quantitative estimate of drug-likeness (QED) is 0.718. The van der Waals surface area contributed by atoms with Crippen molar-refractivity contribution in [1.29, 1.82) is 0 Å². The highest BCUT2D eigenvalue weighted by atomic mass is 16.5. The summed E-state index contributed by atoms with van der Waals surface area (Å²) in [5.74, 6) is 0. The van der Waals surface area contributed by atoms with Crippen molar-refractivity contribution in [3.8, 4) is 0 Å². The van der Waals surface area contributed by atoms with Gasteiger partial charge in [0.1, 0.15) is 0 Å². The van der Waals surface area contributed by atoms with Crippen LogP contribution in [0.1, 0.15) is 44.9 Å². The predicted molar refractivity (Wildman–Crippen MR) is 55.0 cm³/mol. The first-order valence-corrected chi connectivity index (χ1v) is 5.77. The number of hydrogen-bond acceptors (Lipinski definition) is 3. The molecule has 0 saturated heterocycles. The molecule has 3 N–H and O–H groups in total. The Bertz CT molecular complexity index is 184. The smallest absolute Gasteiger partial charge is 0.0880 e. The highest BCUT2D eigenvalue weighted by Crippen LogP contribution is 2.30. The minimum atomic E-state index is -0.530. The number of rotatable bonds is 3. The minimum absolute atomic E-state index is 0.316. The molecule has 0 atom stereocenters. The van der Waals surface area contributed by atoms with Crippen LogP contribution in [0.5, 0.6) is 0 Å². The Hall–Kier alpha value is -0.120. The average molecular weight is 199 g/mol. The van der Waals surface area contributed by atoms with Crippen LogP contribution < -0.4 is 5.73 Å². The second-order valence-electron chi connectivity index (χ2n) is 4.95. The van der Waals surface area contributed by atoms with E-state index in [0.29, 0.717) is 18.8 Å². The molecule has 2 aliphatic carbocycles. The summed E-state index contributed by atoms with van der Waals surface area (Å²) in [4.78, 5) is 0. The number of aliphatic hydroxyl groups is 1. The molecule has 0 spiro atoms. The minimum Gasteiger partial charge on any atom is -0.387 e. The number of nitrogens with two attached hydrogens (primary N) is 1. The molecule has 3 nitrogen and oxygen atoms in total. The fourth-order valence-electron chi connectivity index (χ4n) is 2.37. The van der Waals surface area contributed by atoms with Crippen molar-refractivity contribution >= 4 is 0 Å². The second kappa shape index (κ2) is 4.17. The number of ether oxygens (including phenoxy) is 1. The van der Waals surface area contributed by atoms with Gasteiger partial charge in [0.15, 0.2) is 0 Å². The Balaban J connectivity index is 1.68. The van der Waals surface area contributed by atoms with Gasteiger partial charge in [0.25, 0.3) is 0 Å². The van der Waals surface area contributed by atoms with Gasteiger partial charge >= 0.3 is 0 Å². The lowest BCUT2D eigenvalue weighted by Gasteiger charge is -2.37. The van der Waals surface area contributed by atoms with E-state index in [-0.39, 0.29) is 0 Å². The number of hydrogen-bond donors (Lipinski definition) is 2. The Labute approximate surface area is 85.6 Å². The van der Waals surface area contributed by atoms with Crippen molar-refractivity contribution in [3.63, 3.8) is 0 Å². The maximum atomic E-state index is 10.1. The van der Waals surface area contributed by atoms with Gasteiger partial charge in [-0.1, -0.05) is 19.3 Å². The summed E-state index contributed by atoms with van der Waals surface area (Å²) in [7, 11) is 0. The standard InChI is InChI=1S/C11H21NO2/c12-9-6-10(7-9)14-8-11(13)4-2-1-3-5-11/h9-10,13H,1-8,12H2. The van der Waals surface area contributed by atoms with Crippen LogP contribution in [0.3, 0.4) is 0 Å². The van der Waals surface area contributed by atoms with Crippen molar-refractivity contribution < 1.29 is 9.84 Å². The molecule has 82 valence electrons. The van der Waals surface area contributed by atoms with E-state index in [4.69, 9.17) is 10.5 Å². The fourth-order valence-corrected chi connectivity index (χ4v) is 2.37. The first-order chi connectivity index (χ1) is 6.68. The van der Waals surface area contributed by atoms with Crippen molar-refractivity contribution in [3.05, 3.63) is 0 Å². The molecular weight excluding hydrogens is 178 g/mol. The Morgan fingerprint density at radius 1 is 1.21 bits per heavy atom. The largest absolute Gasteiger partial charge is 0.387 e. The van der Waals surface area contributed by atoms with Crippen molar-refractivity contribution in [2.45, 2.75) is 62.7 Å². The van der Waals surface area contributed by atoms with E-state index in [1.807, 2.05) is 0 Å². The molecule has 0 aromatic rings. The Morgan fingerprint density at radius 2 is 1.86 bits per heavy atom. The van der Waals surface area contributed by atoms with E-state index < -0.39 is 5.60 Å². The predicted octanol–water partition coefficient (Wildman–Crippen LogP) is 1.19. The lowest BCUT2D eigenvalue weighted by atomic mass is 9.85. The lowest BCUT2D eigenvalue weighted by molar-refractivity contribution is -0.110. The Kier molecular flexibility index (Phi) is 3.10. The molecule has 14 heavy (non-hydrogen) atoms. The van der Waals surface area contributed by atoms with Gasteiger partial charge in [-0.05, 0) is 25.7 Å². The zero-order valence-corrected chi connectivity index (χ0v) is 8.74. The molecule has 0 unspecified atom stereocenters. The Morgan fingerprint density at radius 3 is 2.43 bits per heavy atom. The monoisotopic (exact) mass is 199 g/mol. The lowest BCUT2D eigenvalue weighted by Crippen LogP contribution is -2.45. The van der Waals surface area contributed by atoms with Crippen LogP contribution in [0.4, 0.5) is 0 Å². The molecule has 0 heterocycles. The first-order valence-electron chi connectivity index (χ1n) is 5.77. The van der Waals surface area contributed by atoms with Crippen molar-refractivity contribution in [1.82, 2.24) is 0 Å². The van der Waals surface area contributed by atoms with Crippen LogP contribution in [0.15, 0.2) is 0 Å². The van der Waals surface area contributed by atoms with Gasteiger partial charge in [-0.3, -0.25) is 0 Å². The van der Waals surface area contributed by atoms with Crippen LogP contribution in [0.25, 0.3) is 0 Å². The highest BCUT2D eigenvalue weighted by molar-refractivity contribution is 4.86. The van der Waals surface area contributed by atoms with Gasteiger partial charge in [0.2, 0.25) is 0 Å². The van der Waals surface area contributed by atoms with Crippen LogP contribution in [-0.2, 0) is 4.74 Å². The molecule has 2 rings (SSSR count). The second-order valence-corrected chi connectivity index (χ2v) is 4.95. The van der Waals surface area contributed by atoms with Crippen LogP contribution >= 0.6 is 0 Å². The SMILES string of the molecule is NC1CC(OCC2(O)CCCCC2)C1. The first kappa shape index (κ1) is 10.4. The van der Waals surface area contributed by atoms with E-state index in [1.54, 1.807) is 0 Å². The average Bonchev–Trinajstić information content (AvgIpc) is 2.12. The molecule has 0 amide bonds. The van der Waals surface area contributed by atoms with Gasteiger partial charge in [0, 0.05) is 6.04 Å². The molecular formula is C11H21NO2. The zero-order chi connectivity index (χ0) is 10.0. The molecule has 2 saturated carbocycles. The summed E-state index contributed by atoms with van der Waals surface area (Å²) >= 11 is 0. The van der Waals surface area contributed by atoms with E-state index in [9.17, 15) is 5.11 Å². The molecule has 0 aliphatic heterocycles. The fraction of sp³-hybridized carbons (Fsp3) is 1.00. The summed E-state index contributed by atoms with van der Waals surface area (Å²) in [5, 5.41) is 10.1. The maximum absolute atomic E-state index is 10.1. The van der Waals surface area contributed by atoms with Gasteiger partial charge in [0.05, 0.1) is 18.3 Å². The molecule has 0 aromatic carbocycles. The summed E-state index contributed by atoms with van der Waals surface area (Å²) in [6.45, 7) is 0.518. The van der Waals surface area contributed by atoms with E-state index in [1.165, 1.54) is 6.42 Å². The van der Waals surface area contributed by atoms with Crippen molar-refractivity contribution in [2.24, 2.45) is 5.73 Å². The van der Waals surface area contributed by atoms with Gasteiger partial charge in [-0.25, -0.2) is 0 Å². The maximum Gasteiger partial charge on any atom is 0.0880 e. The van der Waals surface area contributed by atoms with Crippen molar-refractivity contribution in [2.75, 3.05) is 6.61 Å². The van der Waals surface area contributed by atoms with Crippen LogP contribution in [0, 0.1) is 0 Å². The molecule has 3 heteroatoms. The highest BCUT2D eigenvalue weighted by Gasteiger charge is 2.33. The normalized spacial score (nSPS) is 36.4. The van der Waals surface area contributed by atoms with Gasteiger partial charge in [-0.15, -0.1) is 0 Å². The van der Waals surface area contributed by atoms with E-state index in [2.05, 4.69) is 0 Å². The van der Waals surface area contributed by atoms with E-state index in [0.717, 1.165) is 38.5 Å². The third-order valence-corrected chi connectivity index (χ3v) is 3.50. The summed E-state index contributed by atoms with van der Waals surface area (Å²) in [6, 6.07) is 0.334. The van der Waals surface area contributed by atoms with Crippen LogP contribution in [-0.4, -0.2) is 29.5 Å². The van der Waals surface area contributed by atoms with Crippen LogP contribution in [0.2, 0.25) is 0 Å². The molecule has 0 radical (unpaired) electrons. The third-order valence-electron chi connectivity index (χ3n) is 3.50.